The summed E-state index contributed by atoms with van der Waals surface area (Å²) in [5, 5.41) is 1.14. The molecule has 15 heavy (non-hydrogen) atoms. The lowest BCUT2D eigenvalue weighted by molar-refractivity contribution is 0.258. The van der Waals surface area contributed by atoms with E-state index < -0.39 is 6.67 Å². The van der Waals surface area contributed by atoms with Gasteiger partial charge in [0.15, 0.2) is 11.5 Å². The zero-order valence-corrected chi connectivity index (χ0v) is 10.6. The number of hydrogen-bond acceptors (Lipinski definition) is 2. The van der Waals surface area contributed by atoms with Crippen molar-refractivity contribution in [2.45, 2.75) is 5.33 Å². The Bertz CT molecular complexity index is 308. The molecular formula is C10H11BrClFO2. The zero-order valence-electron chi connectivity index (χ0n) is 8.23. The van der Waals surface area contributed by atoms with Gasteiger partial charge in [0.1, 0.15) is 13.3 Å². The van der Waals surface area contributed by atoms with Gasteiger partial charge >= 0.3 is 0 Å². The molecule has 1 aromatic rings. The van der Waals surface area contributed by atoms with Crippen molar-refractivity contribution in [2.75, 3.05) is 20.4 Å². The number of ether oxygens (including phenoxy) is 2. The van der Waals surface area contributed by atoms with Crippen LogP contribution in [0.4, 0.5) is 4.39 Å². The monoisotopic (exact) mass is 296 g/mol. The second-order valence-electron chi connectivity index (χ2n) is 2.77. The lowest BCUT2D eigenvalue weighted by atomic mass is 10.2. The Hall–Kier alpha value is -0.480. The van der Waals surface area contributed by atoms with Gasteiger partial charge in [-0.2, -0.15) is 0 Å². The summed E-state index contributed by atoms with van der Waals surface area (Å²) in [4.78, 5) is 0. The fraction of sp³-hybridized carbons (Fsp3) is 0.400. The topological polar surface area (TPSA) is 18.5 Å². The van der Waals surface area contributed by atoms with E-state index >= 15 is 0 Å². The maximum absolute atomic E-state index is 12.0. The second kappa shape index (κ2) is 6.18. The first kappa shape index (κ1) is 12.6. The Labute approximate surface area is 101 Å². The van der Waals surface area contributed by atoms with Gasteiger partial charge < -0.3 is 9.47 Å². The molecule has 1 aromatic carbocycles. The molecule has 0 aliphatic rings. The van der Waals surface area contributed by atoms with Crippen LogP contribution in [-0.2, 0) is 5.33 Å². The van der Waals surface area contributed by atoms with Crippen LogP contribution in [0.25, 0.3) is 0 Å². The summed E-state index contributed by atoms with van der Waals surface area (Å²) < 4.78 is 22.4. The number of methoxy groups -OCH3 is 1. The summed E-state index contributed by atoms with van der Waals surface area (Å²) in [5.74, 6) is 1.06. The predicted molar refractivity (Wildman–Crippen MR) is 62.1 cm³/mol. The van der Waals surface area contributed by atoms with Crippen molar-refractivity contribution in [1.29, 1.82) is 0 Å². The van der Waals surface area contributed by atoms with E-state index in [1.807, 2.05) is 0 Å². The van der Waals surface area contributed by atoms with Crippen LogP contribution in [0, 0.1) is 0 Å². The zero-order chi connectivity index (χ0) is 11.3. The van der Waals surface area contributed by atoms with E-state index in [0.717, 1.165) is 5.56 Å². The van der Waals surface area contributed by atoms with Crippen molar-refractivity contribution < 1.29 is 13.9 Å². The molecule has 84 valence electrons. The molecule has 0 bridgehead atoms. The Morgan fingerprint density at radius 3 is 2.73 bits per heavy atom. The fourth-order valence-corrected chi connectivity index (χ4v) is 1.83. The second-order valence-corrected chi connectivity index (χ2v) is 3.76. The summed E-state index contributed by atoms with van der Waals surface area (Å²) in [6, 6.07) is 3.40. The molecule has 0 unspecified atom stereocenters. The summed E-state index contributed by atoms with van der Waals surface area (Å²) in [6.45, 7) is -0.522. The molecule has 0 heterocycles. The normalized spacial score (nSPS) is 10.1. The largest absolute Gasteiger partial charge is 0.493 e. The molecule has 0 radical (unpaired) electrons. The molecule has 0 saturated heterocycles. The van der Waals surface area contributed by atoms with E-state index in [4.69, 9.17) is 21.1 Å². The summed E-state index contributed by atoms with van der Waals surface area (Å²) in [5.41, 5.74) is 0.841. The Morgan fingerprint density at radius 2 is 2.20 bits per heavy atom. The van der Waals surface area contributed by atoms with Gasteiger partial charge in [-0.05, 0) is 6.07 Å². The lowest BCUT2D eigenvalue weighted by Gasteiger charge is -2.13. The quantitative estimate of drug-likeness (QED) is 0.773. The van der Waals surface area contributed by atoms with E-state index in [1.165, 1.54) is 7.11 Å². The predicted octanol–water partition coefficient (Wildman–Crippen LogP) is 3.59. The van der Waals surface area contributed by atoms with Crippen LogP contribution in [0.2, 0.25) is 5.02 Å². The highest BCUT2D eigenvalue weighted by atomic mass is 79.9. The molecule has 0 fully saturated rings. The van der Waals surface area contributed by atoms with Crippen LogP contribution in [0.5, 0.6) is 11.5 Å². The molecular weight excluding hydrogens is 286 g/mol. The third-order valence-electron chi connectivity index (χ3n) is 1.78. The van der Waals surface area contributed by atoms with Gasteiger partial charge in [0.05, 0.1) is 7.11 Å². The molecule has 0 saturated carbocycles. The van der Waals surface area contributed by atoms with Gasteiger partial charge in [0.25, 0.3) is 0 Å². The van der Waals surface area contributed by atoms with Crippen LogP contribution >= 0.6 is 27.5 Å². The minimum absolute atomic E-state index is 0.0119. The maximum Gasteiger partial charge on any atom is 0.165 e. The van der Waals surface area contributed by atoms with E-state index in [1.54, 1.807) is 12.1 Å². The molecule has 0 aliphatic heterocycles. The van der Waals surface area contributed by atoms with Gasteiger partial charge in [-0.3, -0.25) is 0 Å². The third kappa shape index (κ3) is 3.24. The highest BCUT2D eigenvalue weighted by Gasteiger charge is 2.11. The first-order chi connectivity index (χ1) is 7.22. The van der Waals surface area contributed by atoms with Crippen molar-refractivity contribution in [3.05, 3.63) is 22.7 Å². The molecule has 2 nitrogen and oxygen atoms in total. The molecule has 0 aliphatic carbocycles. The van der Waals surface area contributed by atoms with Crippen molar-refractivity contribution in [2.24, 2.45) is 0 Å². The minimum Gasteiger partial charge on any atom is -0.493 e. The van der Waals surface area contributed by atoms with Gasteiger partial charge in [-0.25, -0.2) is 4.39 Å². The van der Waals surface area contributed by atoms with E-state index in [0.29, 0.717) is 21.9 Å². The number of hydrogen-bond donors (Lipinski definition) is 0. The number of rotatable bonds is 5. The molecule has 5 heteroatoms. The van der Waals surface area contributed by atoms with E-state index in [9.17, 15) is 4.39 Å². The van der Waals surface area contributed by atoms with Crippen LogP contribution in [0.1, 0.15) is 5.56 Å². The Balaban J connectivity index is 3.06. The highest BCUT2D eigenvalue weighted by molar-refractivity contribution is 9.08. The Morgan fingerprint density at radius 1 is 1.47 bits per heavy atom. The lowest BCUT2D eigenvalue weighted by Crippen LogP contribution is -2.03. The summed E-state index contributed by atoms with van der Waals surface area (Å²) in [6.07, 6.45) is 0. The fourth-order valence-electron chi connectivity index (χ4n) is 1.18. The average Bonchev–Trinajstić information content (AvgIpc) is 2.26. The van der Waals surface area contributed by atoms with E-state index in [-0.39, 0.29) is 6.61 Å². The van der Waals surface area contributed by atoms with E-state index in [2.05, 4.69) is 15.9 Å². The van der Waals surface area contributed by atoms with Gasteiger partial charge in [-0.1, -0.05) is 27.5 Å². The summed E-state index contributed by atoms with van der Waals surface area (Å²) in [7, 11) is 1.52. The molecule has 0 N–H and O–H groups in total. The average molecular weight is 298 g/mol. The first-order valence-corrected chi connectivity index (χ1v) is 5.84. The van der Waals surface area contributed by atoms with Gasteiger partial charge in [-0.15, -0.1) is 0 Å². The molecule has 1 rings (SSSR count). The Kier molecular flexibility index (Phi) is 5.19. The van der Waals surface area contributed by atoms with Crippen LogP contribution in [0.3, 0.4) is 0 Å². The summed E-state index contributed by atoms with van der Waals surface area (Å²) >= 11 is 9.19. The smallest absolute Gasteiger partial charge is 0.165 e. The van der Waals surface area contributed by atoms with Crippen molar-refractivity contribution >= 4 is 27.5 Å². The third-order valence-corrected chi connectivity index (χ3v) is 2.61. The standard InChI is InChI=1S/C10H11BrClFO2/c1-14-9-5-8(12)4-7(6-11)10(9)15-3-2-13/h4-5H,2-3,6H2,1H3. The first-order valence-electron chi connectivity index (χ1n) is 4.34. The molecule has 0 aromatic heterocycles. The number of halogens is 3. The number of alkyl halides is 2. The minimum atomic E-state index is -0.534. The molecule has 0 atom stereocenters. The van der Waals surface area contributed by atoms with Crippen molar-refractivity contribution in [3.8, 4) is 11.5 Å². The maximum atomic E-state index is 12.0. The van der Waals surface area contributed by atoms with Crippen molar-refractivity contribution in [3.63, 3.8) is 0 Å². The molecule has 0 amide bonds. The van der Waals surface area contributed by atoms with Gasteiger partial charge in [0.2, 0.25) is 0 Å². The van der Waals surface area contributed by atoms with Gasteiger partial charge in [0, 0.05) is 22.0 Å². The highest BCUT2D eigenvalue weighted by Crippen LogP contribution is 2.35. The SMILES string of the molecule is COc1cc(Cl)cc(CBr)c1OCCF. The van der Waals surface area contributed by atoms with Crippen LogP contribution in [0.15, 0.2) is 12.1 Å². The molecule has 0 spiro atoms. The van der Waals surface area contributed by atoms with Crippen LogP contribution in [-0.4, -0.2) is 20.4 Å². The van der Waals surface area contributed by atoms with Crippen molar-refractivity contribution in [1.82, 2.24) is 0 Å². The number of benzene rings is 1. The van der Waals surface area contributed by atoms with Crippen LogP contribution < -0.4 is 9.47 Å².